The van der Waals surface area contributed by atoms with Gasteiger partial charge < -0.3 is 15.5 Å². The van der Waals surface area contributed by atoms with Gasteiger partial charge in [-0.1, -0.05) is 0 Å². The number of hydrogen-bond acceptors (Lipinski definition) is 4. The molecule has 1 aromatic carbocycles. The van der Waals surface area contributed by atoms with Crippen molar-refractivity contribution in [3.05, 3.63) is 48.2 Å². The SMILES string of the molecule is COc1ccc(-c2ccc(-c3ccnc(N)n3)[nH]2)c(C)c1. The summed E-state index contributed by atoms with van der Waals surface area (Å²) in [5, 5.41) is 0. The predicted molar refractivity (Wildman–Crippen MR) is 83.0 cm³/mol. The van der Waals surface area contributed by atoms with Crippen LogP contribution in [0.4, 0.5) is 5.95 Å². The fourth-order valence-corrected chi connectivity index (χ4v) is 2.29. The highest BCUT2D eigenvalue weighted by Gasteiger charge is 2.08. The maximum atomic E-state index is 5.62. The predicted octanol–water partition coefficient (Wildman–Crippen LogP) is 3.04. The lowest BCUT2D eigenvalue weighted by Crippen LogP contribution is -1.95. The molecule has 0 saturated carbocycles. The van der Waals surface area contributed by atoms with Crippen molar-refractivity contribution in [3.63, 3.8) is 0 Å². The minimum Gasteiger partial charge on any atom is -0.497 e. The summed E-state index contributed by atoms with van der Waals surface area (Å²) in [6, 6.07) is 11.8. The summed E-state index contributed by atoms with van der Waals surface area (Å²) in [4.78, 5) is 11.5. The average molecular weight is 280 g/mol. The van der Waals surface area contributed by atoms with Crippen LogP contribution >= 0.6 is 0 Å². The van der Waals surface area contributed by atoms with E-state index in [9.17, 15) is 0 Å². The molecule has 0 aliphatic heterocycles. The van der Waals surface area contributed by atoms with Crippen LogP contribution in [0.2, 0.25) is 0 Å². The second-order valence-corrected chi connectivity index (χ2v) is 4.77. The lowest BCUT2D eigenvalue weighted by Gasteiger charge is -2.06. The molecule has 0 saturated heterocycles. The van der Waals surface area contributed by atoms with Crippen LogP contribution in [0.5, 0.6) is 5.75 Å². The van der Waals surface area contributed by atoms with Crippen molar-refractivity contribution in [2.75, 3.05) is 12.8 Å². The van der Waals surface area contributed by atoms with E-state index in [1.165, 1.54) is 0 Å². The second kappa shape index (κ2) is 5.28. The smallest absolute Gasteiger partial charge is 0.220 e. The summed E-state index contributed by atoms with van der Waals surface area (Å²) in [6.07, 6.45) is 1.65. The third-order valence-electron chi connectivity index (χ3n) is 3.36. The first-order valence-corrected chi connectivity index (χ1v) is 6.60. The molecule has 0 amide bonds. The number of H-pyrrole nitrogens is 1. The van der Waals surface area contributed by atoms with E-state index in [1.807, 2.05) is 36.4 Å². The first-order chi connectivity index (χ1) is 10.2. The molecular formula is C16H16N4O. The molecule has 3 aromatic rings. The number of methoxy groups -OCH3 is 1. The van der Waals surface area contributed by atoms with Gasteiger partial charge >= 0.3 is 0 Å². The van der Waals surface area contributed by atoms with Gasteiger partial charge in [0.05, 0.1) is 18.5 Å². The zero-order valence-corrected chi connectivity index (χ0v) is 11.9. The Morgan fingerprint density at radius 3 is 2.62 bits per heavy atom. The van der Waals surface area contributed by atoms with Crippen molar-refractivity contribution >= 4 is 5.95 Å². The lowest BCUT2D eigenvalue weighted by atomic mass is 10.1. The number of aromatic amines is 1. The monoisotopic (exact) mass is 280 g/mol. The van der Waals surface area contributed by atoms with Crippen LogP contribution in [0.1, 0.15) is 5.56 Å². The number of nitrogen functional groups attached to an aromatic ring is 1. The number of rotatable bonds is 3. The summed E-state index contributed by atoms with van der Waals surface area (Å²) in [5.74, 6) is 1.12. The zero-order chi connectivity index (χ0) is 14.8. The molecular weight excluding hydrogens is 264 g/mol. The highest BCUT2D eigenvalue weighted by molar-refractivity contribution is 5.69. The van der Waals surface area contributed by atoms with E-state index in [0.717, 1.165) is 34.0 Å². The van der Waals surface area contributed by atoms with E-state index in [4.69, 9.17) is 10.5 Å². The molecule has 0 radical (unpaired) electrons. The maximum Gasteiger partial charge on any atom is 0.220 e. The van der Waals surface area contributed by atoms with Gasteiger partial charge in [-0.3, -0.25) is 0 Å². The van der Waals surface area contributed by atoms with E-state index >= 15 is 0 Å². The van der Waals surface area contributed by atoms with E-state index in [0.29, 0.717) is 0 Å². The number of ether oxygens (including phenoxy) is 1. The third kappa shape index (κ3) is 2.58. The molecule has 5 nitrogen and oxygen atoms in total. The normalized spacial score (nSPS) is 10.6. The molecule has 0 unspecified atom stereocenters. The topological polar surface area (TPSA) is 76.8 Å². The fraction of sp³-hybridized carbons (Fsp3) is 0.125. The fourth-order valence-electron chi connectivity index (χ4n) is 2.29. The molecule has 0 fully saturated rings. The van der Waals surface area contributed by atoms with Crippen molar-refractivity contribution in [1.82, 2.24) is 15.0 Å². The van der Waals surface area contributed by atoms with Crippen LogP contribution in [0, 0.1) is 6.92 Å². The van der Waals surface area contributed by atoms with Gasteiger partial charge in [-0.2, -0.15) is 0 Å². The first-order valence-electron chi connectivity index (χ1n) is 6.60. The third-order valence-corrected chi connectivity index (χ3v) is 3.36. The Morgan fingerprint density at radius 2 is 1.90 bits per heavy atom. The summed E-state index contributed by atoms with van der Waals surface area (Å²) >= 11 is 0. The van der Waals surface area contributed by atoms with E-state index in [-0.39, 0.29) is 5.95 Å². The van der Waals surface area contributed by atoms with Crippen molar-refractivity contribution in [2.45, 2.75) is 6.92 Å². The lowest BCUT2D eigenvalue weighted by molar-refractivity contribution is 0.414. The molecule has 0 aliphatic rings. The molecule has 0 aliphatic carbocycles. The number of nitrogens with one attached hydrogen (secondary N) is 1. The highest BCUT2D eigenvalue weighted by atomic mass is 16.5. The number of aryl methyl sites for hydroxylation is 1. The standard InChI is InChI=1S/C16H16N4O/c1-10-9-11(21-2)3-4-12(10)13-5-6-14(19-13)15-7-8-18-16(17)20-15/h3-9,19H,1-2H3,(H2,17,18,20). The molecule has 3 N–H and O–H groups in total. The Labute approximate surface area is 122 Å². The molecule has 106 valence electrons. The minimum atomic E-state index is 0.268. The Morgan fingerprint density at radius 1 is 1.10 bits per heavy atom. The van der Waals surface area contributed by atoms with Crippen molar-refractivity contribution in [3.8, 4) is 28.4 Å². The van der Waals surface area contributed by atoms with Crippen LogP contribution in [-0.2, 0) is 0 Å². The van der Waals surface area contributed by atoms with E-state index < -0.39 is 0 Å². The van der Waals surface area contributed by atoms with Crippen LogP contribution in [0.25, 0.3) is 22.6 Å². The summed E-state index contributed by atoms with van der Waals surface area (Å²) < 4.78 is 5.23. The van der Waals surface area contributed by atoms with Gasteiger partial charge in [-0.15, -0.1) is 0 Å². The van der Waals surface area contributed by atoms with E-state index in [1.54, 1.807) is 13.3 Å². The van der Waals surface area contributed by atoms with Gasteiger partial charge in [0.25, 0.3) is 0 Å². The summed E-state index contributed by atoms with van der Waals surface area (Å²) in [6.45, 7) is 2.06. The van der Waals surface area contributed by atoms with Crippen molar-refractivity contribution < 1.29 is 4.74 Å². The van der Waals surface area contributed by atoms with Crippen LogP contribution < -0.4 is 10.5 Å². The van der Waals surface area contributed by atoms with Crippen molar-refractivity contribution in [2.24, 2.45) is 0 Å². The number of anilines is 1. The number of nitrogens with zero attached hydrogens (tertiary/aromatic N) is 2. The Kier molecular flexibility index (Phi) is 3.31. The summed E-state index contributed by atoms with van der Waals surface area (Å²) in [7, 11) is 1.67. The zero-order valence-electron chi connectivity index (χ0n) is 11.9. The first kappa shape index (κ1) is 13.2. The van der Waals surface area contributed by atoms with Crippen LogP contribution in [0.3, 0.4) is 0 Å². The molecule has 0 spiro atoms. The number of hydrogen-bond donors (Lipinski definition) is 2. The Hall–Kier alpha value is -2.82. The van der Waals surface area contributed by atoms with Gasteiger partial charge in [0.15, 0.2) is 0 Å². The van der Waals surface area contributed by atoms with Gasteiger partial charge in [0, 0.05) is 17.5 Å². The average Bonchev–Trinajstić information content (AvgIpc) is 2.96. The molecule has 0 atom stereocenters. The number of aromatic nitrogens is 3. The number of benzene rings is 1. The molecule has 3 rings (SSSR count). The Balaban J connectivity index is 1.98. The quantitative estimate of drug-likeness (QED) is 0.773. The molecule has 0 bridgehead atoms. The second-order valence-electron chi connectivity index (χ2n) is 4.77. The molecule has 5 heteroatoms. The van der Waals surface area contributed by atoms with Crippen LogP contribution in [0.15, 0.2) is 42.6 Å². The largest absolute Gasteiger partial charge is 0.497 e. The molecule has 2 heterocycles. The minimum absolute atomic E-state index is 0.268. The van der Waals surface area contributed by atoms with Gasteiger partial charge in [0.2, 0.25) is 5.95 Å². The van der Waals surface area contributed by atoms with Gasteiger partial charge in [-0.05, 0) is 48.9 Å². The summed E-state index contributed by atoms with van der Waals surface area (Å²) in [5.41, 5.74) is 10.6. The molecule has 21 heavy (non-hydrogen) atoms. The van der Waals surface area contributed by atoms with Crippen molar-refractivity contribution in [1.29, 1.82) is 0 Å². The maximum absolute atomic E-state index is 5.62. The Bertz CT molecular complexity index is 779. The van der Waals surface area contributed by atoms with E-state index in [2.05, 4.69) is 21.9 Å². The number of nitrogens with two attached hydrogens (primary N) is 1. The van der Waals surface area contributed by atoms with Gasteiger partial charge in [0.1, 0.15) is 5.75 Å². The molecule has 2 aromatic heterocycles. The van der Waals surface area contributed by atoms with Gasteiger partial charge in [-0.25, -0.2) is 9.97 Å². The highest BCUT2D eigenvalue weighted by Crippen LogP contribution is 2.28. The van der Waals surface area contributed by atoms with Crippen LogP contribution in [-0.4, -0.2) is 22.1 Å².